The normalized spacial score (nSPS) is 13.3. The largest absolute Gasteiger partial charge is 0.454 e. The van der Waals surface area contributed by atoms with E-state index in [0.717, 1.165) is 34.7 Å². The van der Waals surface area contributed by atoms with Crippen molar-refractivity contribution >= 4 is 22.7 Å². The summed E-state index contributed by atoms with van der Waals surface area (Å²) in [5.74, 6) is 1.60. The smallest absolute Gasteiger partial charge is 0.231 e. The lowest BCUT2D eigenvalue weighted by Crippen LogP contribution is -2.31. The second-order valence-corrected chi connectivity index (χ2v) is 7.56. The number of aliphatic hydroxyl groups is 1. The van der Waals surface area contributed by atoms with E-state index in [1.54, 1.807) is 22.7 Å². The number of thiophene rings is 2. The highest BCUT2D eigenvalue weighted by atomic mass is 32.1. The monoisotopic (exact) mass is 373 g/mol. The van der Waals surface area contributed by atoms with Crippen molar-refractivity contribution in [3.63, 3.8) is 0 Å². The van der Waals surface area contributed by atoms with Gasteiger partial charge in [0, 0.05) is 6.54 Å². The summed E-state index contributed by atoms with van der Waals surface area (Å²) in [5.41, 5.74) is 2.11. The minimum absolute atomic E-state index is 0.292. The molecule has 6 heteroatoms. The van der Waals surface area contributed by atoms with Crippen LogP contribution < -0.4 is 14.8 Å². The maximum atomic E-state index is 11.3. The Balaban J connectivity index is 1.39. The van der Waals surface area contributed by atoms with E-state index >= 15 is 0 Å². The molecule has 0 saturated heterocycles. The average Bonchev–Trinajstić information content (AvgIpc) is 3.40. The zero-order valence-electron chi connectivity index (χ0n) is 13.6. The van der Waals surface area contributed by atoms with E-state index in [1.165, 1.54) is 0 Å². The van der Waals surface area contributed by atoms with E-state index in [-0.39, 0.29) is 0 Å². The van der Waals surface area contributed by atoms with Gasteiger partial charge >= 0.3 is 0 Å². The number of benzene rings is 1. The van der Waals surface area contributed by atoms with Gasteiger partial charge in [-0.3, -0.25) is 0 Å². The van der Waals surface area contributed by atoms with Crippen molar-refractivity contribution in [3.8, 4) is 11.5 Å². The van der Waals surface area contributed by atoms with Crippen LogP contribution in [-0.4, -0.2) is 18.4 Å². The highest BCUT2D eigenvalue weighted by Gasteiger charge is 2.31. The Hall–Kier alpha value is -1.86. The molecule has 130 valence electrons. The molecule has 0 atom stereocenters. The molecule has 1 aromatic carbocycles. The van der Waals surface area contributed by atoms with E-state index in [4.69, 9.17) is 9.47 Å². The molecule has 0 bridgehead atoms. The van der Waals surface area contributed by atoms with Gasteiger partial charge in [0.05, 0.1) is 0 Å². The Bertz CT molecular complexity index is 781. The van der Waals surface area contributed by atoms with Gasteiger partial charge in [-0.1, -0.05) is 6.07 Å². The SMILES string of the molecule is OC(CCNCc1ccc2c(c1)OCO2)(c1ccsc1)c1ccsc1. The summed E-state index contributed by atoms with van der Waals surface area (Å²) in [5, 5.41) is 22.8. The summed E-state index contributed by atoms with van der Waals surface area (Å²) in [6.45, 7) is 1.72. The van der Waals surface area contributed by atoms with E-state index in [0.29, 0.717) is 19.8 Å². The first-order chi connectivity index (χ1) is 12.3. The van der Waals surface area contributed by atoms with Crippen LogP contribution in [-0.2, 0) is 12.1 Å². The van der Waals surface area contributed by atoms with Gasteiger partial charge < -0.3 is 19.9 Å². The van der Waals surface area contributed by atoms with Gasteiger partial charge in [0.25, 0.3) is 0 Å². The third-order valence-corrected chi connectivity index (χ3v) is 5.79. The standard InChI is InChI=1S/C19H19NO3S2/c21-19(15-3-7-24-11-15,16-4-8-25-12-16)5-6-20-10-14-1-2-17-18(9-14)23-13-22-17/h1-4,7-9,11-12,20-21H,5-6,10,13H2. The van der Waals surface area contributed by atoms with Crippen molar-refractivity contribution in [1.29, 1.82) is 0 Å². The van der Waals surface area contributed by atoms with E-state index in [9.17, 15) is 5.11 Å². The molecule has 0 amide bonds. The first-order valence-corrected chi connectivity index (χ1v) is 10.0. The number of fused-ring (bicyclic) bond motifs is 1. The van der Waals surface area contributed by atoms with Gasteiger partial charge in [-0.25, -0.2) is 0 Å². The fourth-order valence-corrected chi connectivity index (χ4v) is 4.46. The molecule has 0 aliphatic carbocycles. The van der Waals surface area contributed by atoms with Crippen LogP contribution in [0.2, 0.25) is 0 Å². The van der Waals surface area contributed by atoms with Crippen LogP contribution in [0.25, 0.3) is 0 Å². The lowest BCUT2D eigenvalue weighted by atomic mass is 9.87. The van der Waals surface area contributed by atoms with Crippen LogP contribution in [0.3, 0.4) is 0 Å². The number of ether oxygens (including phenoxy) is 2. The molecule has 0 saturated carbocycles. The lowest BCUT2D eigenvalue weighted by molar-refractivity contribution is 0.0719. The number of nitrogens with one attached hydrogen (secondary N) is 1. The molecule has 3 heterocycles. The van der Waals surface area contributed by atoms with Crippen LogP contribution in [0.15, 0.2) is 51.9 Å². The summed E-state index contributed by atoms with van der Waals surface area (Å²) in [4.78, 5) is 0. The van der Waals surface area contributed by atoms with Crippen LogP contribution >= 0.6 is 22.7 Å². The van der Waals surface area contributed by atoms with E-state index in [2.05, 4.69) is 5.32 Å². The highest BCUT2D eigenvalue weighted by molar-refractivity contribution is 7.08. The zero-order valence-corrected chi connectivity index (χ0v) is 15.2. The molecule has 2 aromatic heterocycles. The Kier molecular flexibility index (Phi) is 4.76. The second kappa shape index (κ2) is 7.17. The molecular weight excluding hydrogens is 354 g/mol. The Morgan fingerprint density at radius 1 is 1.00 bits per heavy atom. The minimum atomic E-state index is -0.943. The predicted molar refractivity (Wildman–Crippen MR) is 101 cm³/mol. The minimum Gasteiger partial charge on any atom is -0.454 e. The van der Waals surface area contributed by atoms with Gasteiger partial charge in [-0.15, -0.1) is 0 Å². The van der Waals surface area contributed by atoms with Gasteiger partial charge in [-0.05, 0) is 75.4 Å². The topological polar surface area (TPSA) is 50.7 Å². The second-order valence-electron chi connectivity index (χ2n) is 6.00. The molecule has 3 aromatic rings. The summed E-state index contributed by atoms with van der Waals surface area (Å²) >= 11 is 3.22. The van der Waals surface area contributed by atoms with Crippen molar-refractivity contribution in [1.82, 2.24) is 5.32 Å². The van der Waals surface area contributed by atoms with Crippen molar-refractivity contribution in [2.24, 2.45) is 0 Å². The fraction of sp³-hybridized carbons (Fsp3) is 0.263. The summed E-state index contributed by atoms with van der Waals surface area (Å²) in [7, 11) is 0. The summed E-state index contributed by atoms with van der Waals surface area (Å²) < 4.78 is 10.7. The molecule has 4 rings (SSSR count). The van der Waals surface area contributed by atoms with Crippen LogP contribution in [0.1, 0.15) is 23.1 Å². The fourth-order valence-electron chi connectivity index (χ4n) is 3.01. The molecule has 4 nitrogen and oxygen atoms in total. The number of hydrogen-bond acceptors (Lipinski definition) is 6. The lowest BCUT2D eigenvalue weighted by Gasteiger charge is -2.27. The maximum Gasteiger partial charge on any atom is 0.231 e. The Morgan fingerprint density at radius 3 is 2.40 bits per heavy atom. The molecule has 2 N–H and O–H groups in total. The molecule has 0 spiro atoms. The van der Waals surface area contributed by atoms with Crippen molar-refractivity contribution in [2.75, 3.05) is 13.3 Å². The van der Waals surface area contributed by atoms with Crippen LogP contribution in [0.5, 0.6) is 11.5 Å². The Labute approximate surface area is 154 Å². The summed E-state index contributed by atoms with van der Waals surface area (Å²) in [6, 6.07) is 9.97. The first-order valence-electron chi connectivity index (χ1n) is 8.13. The number of rotatable bonds is 7. The number of hydrogen-bond donors (Lipinski definition) is 2. The van der Waals surface area contributed by atoms with E-state index in [1.807, 2.05) is 51.9 Å². The molecule has 1 aliphatic heterocycles. The molecular formula is C19H19NO3S2. The molecule has 0 fully saturated rings. The van der Waals surface area contributed by atoms with Crippen LogP contribution in [0.4, 0.5) is 0 Å². The van der Waals surface area contributed by atoms with Gasteiger partial charge in [-0.2, -0.15) is 22.7 Å². The van der Waals surface area contributed by atoms with Gasteiger partial charge in [0.15, 0.2) is 11.5 Å². The molecule has 1 aliphatic rings. The van der Waals surface area contributed by atoms with E-state index < -0.39 is 5.60 Å². The van der Waals surface area contributed by atoms with Gasteiger partial charge in [0.2, 0.25) is 6.79 Å². The third kappa shape index (κ3) is 3.43. The quantitative estimate of drug-likeness (QED) is 0.616. The molecule has 0 unspecified atom stereocenters. The predicted octanol–water partition coefficient (Wildman–Crippen LogP) is 3.95. The van der Waals surface area contributed by atoms with Crippen molar-refractivity contribution < 1.29 is 14.6 Å². The van der Waals surface area contributed by atoms with Crippen molar-refractivity contribution in [3.05, 3.63) is 68.5 Å². The molecule has 0 radical (unpaired) electrons. The first kappa shape index (κ1) is 16.6. The summed E-state index contributed by atoms with van der Waals surface area (Å²) in [6.07, 6.45) is 0.616. The highest BCUT2D eigenvalue weighted by Crippen LogP contribution is 2.35. The molecule has 25 heavy (non-hydrogen) atoms. The third-order valence-electron chi connectivity index (χ3n) is 4.43. The average molecular weight is 373 g/mol. The van der Waals surface area contributed by atoms with Crippen molar-refractivity contribution in [2.45, 2.75) is 18.6 Å². The van der Waals surface area contributed by atoms with Gasteiger partial charge in [0.1, 0.15) is 5.60 Å². The zero-order chi connectivity index (χ0) is 17.1. The Morgan fingerprint density at radius 2 is 1.72 bits per heavy atom. The van der Waals surface area contributed by atoms with Crippen LogP contribution in [0, 0.1) is 0 Å². The maximum absolute atomic E-state index is 11.3.